The van der Waals surface area contributed by atoms with E-state index in [4.69, 9.17) is 4.74 Å². The van der Waals surface area contributed by atoms with Crippen molar-refractivity contribution in [3.05, 3.63) is 58.3 Å². The van der Waals surface area contributed by atoms with Crippen molar-refractivity contribution in [2.24, 2.45) is 0 Å². The quantitative estimate of drug-likeness (QED) is 0.770. The third kappa shape index (κ3) is 5.04. The fraction of sp³-hybridized carbons (Fsp3) is 0.250. The van der Waals surface area contributed by atoms with Gasteiger partial charge in [0.1, 0.15) is 0 Å². The first kappa shape index (κ1) is 15.3. The highest BCUT2D eigenvalue weighted by Gasteiger charge is 2.13. The Bertz CT molecular complexity index is 581. The Morgan fingerprint density at radius 2 is 1.90 bits per heavy atom. The van der Waals surface area contributed by atoms with E-state index in [0.717, 1.165) is 11.1 Å². The van der Waals surface area contributed by atoms with Gasteiger partial charge in [-0.05, 0) is 28.0 Å². The summed E-state index contributed by atoms with van der Waals surface area (Å²) in [5.74, 6) is -0.596. The molecule has 0 bridgehead atoms. The van der Waals surface area contributed by atoms with Crippen molar-refractivity contribution in [2.45, 2.75) is 13.0 Å². The van der Waals surface area contributed by atoms with Gasteiger partial charge in [-0.3, -0.25) is 9.59 Å². The number of rotatable bonds is 6. The maximum absolute atomic E-state index is 11.9. The van der Waals surface area contributed by atoms with Gasteiger partial charge in [0.05, 0.1) is 6.42 Å². The van der Waals surface area contributed by atoms with E-state index in [-0.39, 0.29) is 18.9 Å². The predicted octanol–water partition coefficient (Wildman–Crippen LogP) is 2.49. The molecule has 0 fully saturated rings. The number of thiophene rings is 1. The highest BCUT2D eigenvalue weighted by Crippen LogP contribution is 2.08. The number of ether oxygens (including phenoxy) is 1. The molecule has 1 heterocycles. The molecule has 1 aromatic heterocycles. The van der Waals surface area contributed by atoms with Crippen LogP contribution in [0.3, 0.4) is 0 Å². The van der Waals surface area contributed by atoms with Crippen molar-refractivity contribution in [1.82, 2.24) is 4.90 Å². The Kier molecular flexibility index (Phi) is 5.51. The predicted molar refractivity (Wildman–Crippen MR) is 81.9 cm³/mol. The molecule has 0 aliphatic carbocycles. The normalized spacial score (nSPS) is 10.1. The molecular weight excluding hydrogens is 286 g/mol. The van der Waals surface area contributed by atoms with E-state index in [1.165, 1.54) is 0 Å². The van der Waals surface area contributed by atoms with Crippen molar-refractivity contribution in [3.63, 3.8) is 0 Å². The van der Waals surface area contributed by atoms with Gasteiger partial charge in [0.25, 0.3) is 5.91 Å². The second-order valence-corrected chi connectivity index (χ2v) is 5.48. The van der Waals surface area contributed by atoms with E-state index >= 15 is 0 Å². The number of nitrogens with zero attached hydrogens (tertiary/aromatic N) is 1. The van der Waals surface area contributed by atoms with Crippen LogP contribution in [0.1, 0.15) is 11.1 Å². The first-order valence-electron chi connectivity index (χ1n) is 6.60. The average molecular weight is 303 g/mol. The minimum absolute atomic E-state index is 0.183. The Hall–Kier alpha value is -2.14. The maximum atomic E-state index is 11.9. The van der Waals surface area contributed by atoms with Crippen molar-refractivity contribution < 1.29 is 14.3 Å². The van der Waals surface area contributed by atoms with Crippen molar-refractivity contribution in [1.29, 1.82) is 0 Å². The molecule has 0 saturated heterocycles. The summed E-state index contributed by atoms with van der Waals surface area (Å²) >= 11 is 1.59. The number of amides is 1. The zero-order valence-electron chi connectivity index (χ0n) is 11.8. The van der Waals surface area contributed by atoms with Crippen LogP contribution >= 0.6 is 11.3 Å². The van der Waals surface area contributed by atoms with Crippen LogP contribution in [0.15, 0.2) is 47.2 Å². The molecule has 0 N–H and O–H groups in total. The largest absolute Gasteiger partial charge is 0.455 e. The van der Waals surface area contributed by atoms with Crippen molar-refractivity contribution >= 4 is 23.2 Å². The molecule has 4 nitrogen and oxygen atoms in total. The molecule has 0 aliphatic heterocycles. The molecule has 1 aromatic carbocycles. The molecular formula is C16H17NO3S. The van der Waals surface area contributed by atoms with Crippen LogP contribution in [-0.4, -0.2) is 30.4 Å². The third-order valence-electron chi connectivity index (χ3n) is 2.97. The van der Waals surface area contributed by atoms with Gasteiger partial charge in [0, 0.05) is 13.6 Å². The standard InChI is InChI=1S/C16H17NO3S/c1-17(10-14-7-8-21-12-14)15(18)11-20-16(19)9-13-5-3-2-4-6-13/h2-8,12H,9-11H2,1H3. The molecule has 0 saturated carbocycles. The summed E-state index contributed by atoms with van der Waals surface area (Å²) in [6.07, 6.45) is 0.183. The van der Waals surface area contributed by atoms with E-state index < -0.39 is 5.97 Å². The minimum atomic E-state index is -0.390. The lowest BCUT2D eigenvalue weighted by atomic mass is 10.2. The van der Waals surface area contributed by atoms with Gasteiger partial charge in [-0.2, -0.15) is 11.3 Å². The zero-order valence-corrected chi connectivity index (χ0v) is 12.6. The summed E-state index contributed by atoms with van der Waals surface area (Å²) < 4.78 is 5.02. The summed E-state index contributed by atoms with van der Waals surface area (Å²) in [7, 11) is 1.70. The van der Waals surface area contributed by atoms with Gasteiger partial charge in [-0.15, -0.1) is 0 Å². The second kappa shape index (κ2) is 7.59. The number of hydrogen-bond donors (Lipinski definition) is 0. The van der Waals surface area contributed by atoms with Crippen LogP contribution in [-0.2, 0) is 27.3 Å². The molecule has 1 amide bonds. The number of carbonyl (C=O) groups is 2. The van der Waals surface area contributed by atoms with E-state index in [1.54, 1.807) is 23.3 Å². The fourth-order valence-corrected chi connectivity index (χ4v) is 2.47. The van der Waals surface area contributed by atoms with Gasteiger partial charge < -0.3 is 9.64 Å². The number of benzene rings is 1. The molecule has 0 radical (unpaired) electrons. The molecule has 5 heteroatoms. The van der Waals surface area contributed by atoms with Gasteiger partial charge in [-0.25, -0.2) is 0 Å². The van der Waals surface area contributed by atoms with Gasteiger partial charge >= 0.3 is 5.97 Å². The van der Waals surface area contributed by atoms with E-state index in [1.807, 2.05) is 47.2 Å². The van der Waals surface area contributed by atoms with Crippen LogP contribution in [0.5, 0.6) is 0 Å². The molecule has 21 heavy (non-hydrogen) atoms. The first-order chi connectivity index (χ1) is 10.1. The lowest BCUT2D eigenvalue weighted by molar-refractivity contribution is -0.151. The molecule has 0 aliphatic rings. The van der Waals surface area contributed by atoms with Crippen molar-refractivity contribution in [2.75, 3.05) is 13.7 Å². The Balaban J connectivity index is 1.74. The zero-order chi connectivity index (χ0) is 15.1. The van der Waals surface area contributed by atoms with E-state index in [0.29, 0.717) is 6.54 Å². The van der Waals surface area contributed by atoms with Gasteiger partial charge in [-0.1, -0.05) is 30.3 Å². The highest BCUT2D eigenvalue weighted by molar-refractivity contribution is 7.07. The van der Waals surface area contributed by atoms with Crippen LogP contribution in [0.4, 0.5) is 0 Å². The summed E-state index contributed by atoms with van der Waals surface area (Å²) in [6, 6.07) is 11.3. The van der Waals surface area contributed by atoms with Gasteiger partial charge in [0.2, 0.25) is 0 Å². The lowest BCUT2D eigenvalue weighted by Crippen LogP contribution is -2.30. The Labute approximate surface area is 128 Å². The Morgan fingerprint density at radius 3 is 2.57 bits per heavy atom. The average Bonchev–Trinajstić information content (AvgIpc) is 2.98. The molecule has 0 spiro atoms. The topological polar surface area (TPSA) is 46.6 Å². The highest BCUT2D eigenvalue weighted by atomic mass is 32.1. The molecule has 0 unspecified atom stereocenters. The third-order valence-corrected chi connectivity index (χ3v) is 3.71. The summed E-state index contributed by atoms with van der Waals surface area (Å²) in [5, 5.41) is 3.96. The first-order valence-corrected chi connectivity index (χ1v) is 7.54. The smallest absolute Gasteiger partial charge is 0.310 e. The maximum Gasteiger partial charge on any atom is 0.310 e. The van der Waals surface area contributed by atoms with Crippen LogP contribution < -0.4 is 0 Å². The number of hydrogen-bond acceptors (Lipinski definition) is 4. The summed E-state index contributed by atoms with van der Waals surface area (Å²) in [6.45, 7) is 0.310. The van der Waals surface area contributed by atoms with Crippen LogP contribution in [0, 0.1) is 0 Å². The molecule has 2 aromatic rings. The SMILES string of the molecule is CN(Cc1ccsc1)C(=O)COC(=O)Cc1ccccc1. The summed E-state index contributed by atoms with van der Waals surface area (Å²) in [4.78, 5) is 25.1. The number of esters is 1. The lowest BCUT2D eigenvalue weighted by Gasteiger charge is -2.16. The Morgan fingerprint density at radius 1 is 1.14 bits per heavy atom. The number of likely N-dealkylation sites (N-methyl/N-ethyl adjacent to an activating group) is 1. The van der Waals surface area contributed by atoms with E-state index in [9.17, 15) is 9.59 Å². The molecule has 110 valence electrons. The monoisotopic (exact) mass is 303 g/mol. The molecule has 2 rings (SSSR count). The van der Waals surface area contributed by atoms with Crippen molar-refractivity contribution in [3.8, 4) is 0 Å². The van der Waals surface area contributed by atoms with Crippen LogP contribution in [0.25, 0.3) is 0 Å². The summed E-state index contributed by atoms with van der Waals surface area (Å²) in [5.41, 5.74) is 1.95. The van der Waals surface area contributed by atoms with E-state index in [2.05, 4.69) is 0 Å². The second-order valence-electron chi connectivity index (χ2n) is 4.70. The molecule has 0 atom stereocenters. The van der Waals surface area contributed by atoms with Crippen LogP contribution in [0.2, 0.25) is 0 Å². The van der Waals surface area contributed by atoms with Gasteiger partial charge in [0.15, 0.2) is 6.61 Å². The fourth-order valence-electron chi connectivity index (χ4n) is 1.81. The minimum Gasteiger partial charge on any atom is -0.455 e. The number of carbonyl (C=O) groups excluding carboxylic acids is 2.